The fourth-order valence-corrected chi connectivity index (χ4v) is 3.27. The van der Waals surface area contributed by atoms with E-state index < -0.39 is 11.7 Å². The van der Waals surface area contributed by atoms with Crippen molar-refractivity contribution in [2.75, 3.05) is 19.0 Å². The van der Waals surface area contributed by atoms with E-state index in [1.54, 1.807) is 7.11 Å². The molecule has 1 amide bonds. The topological polar surface area (TPSA) is 73.6 Å². The summed E-state index contributed by atoms with van der Waals surface area (Å²) < 4.78 is 10.8. The Kier molecular flexibility index (Phi) is 4.62. The van der Waals surface area contributed by atoms with Gasteiger partial charge in [0.2, 0.25) is 0 Å². The minimum Gasteiger partial charge on any atom is -0.496 e. The van der Waals surface area contributed by atoms with Crippen LogP contribution in [0.15, 0.2) is 18.2 Å². The lowest BCUT2D eigenvalue weighted by atomic mass is 10.0. The maximum absolute atomic E-state index is 11.9. The number of ether oxygens (including phenoxy) is 2. The normalized spacial score (nSPS) is 22.4. The number of hydrogen-bond donors (Lipinski definition) is 2. The molecule has 5 nitrogen and oxygen atoms in total. The molecule has 0 bridgehead atoms. The SMILES string of the molecule is COc1cc(NC(=O)OC(C)(C)C)ccc1[C@H]1[C@H](CN)C1(C)C. The summed E-state index contributed by atoms with van der Waals surface area (Å²) in [7, 11) is 1.64. The highest BCUT2D eigenvalue weighted by Gasteiger charge is 2.58. The molecule has 0 saturated heterocycles. The van der Waals surface area contributed by atoms with E-state index in [0.717, 1.165) is 11.3 Å². The summed E-state index contributed by atoms with van der Waals surface area (Å²) in [5, 5.41) is 2.74. The van der Waals surface area contributed by atoms with Crippen LogP contribution in [0.4, 0.5) is 10.5 Å². The van der Waals surface area contributed by atoms with Crippen molar-refractivity contribution in [3.63, 3.8) is 0 Å². The molecule has 0 radical (unpaired) electrons. The second-order valence-corrected chi connectivity index (χ2v) is 7.72. The second-order valence-electron chi connectivity index (χ2n) is 7.72. The summed E-state index contributed by atoms with van der Waals surface area (Å²) in [6.45, 7) is 10.6. The number of benzene rings is 1. The third-order valence-corrected chi connectivity index (χ3v) is 4.52. The van der Waals surface area contributed by atoms with Gasteiger partial charge in [0, 0.05) is 11.8 Å². The maximum atomic E-state index is 11.9. The van der Waals surface area contributed by atoms with E-state index in [4.69, 9.17) is 15.2 Å². The van der Waals surface area contributed by atoms with Crippen molar-refractivity contribution < 1.29 is 14.3 Å². The molecule has 0 unspecified atom stereocenters. The van der Waals surface area contributed by atoms with Crippen LogP contribution in [0.2, 0.25) is 0 Å². The Morgan fingerprint density at radius 3 is 2.48 bits per heavy atom. The van der Waals surface area contributed by atoms with E-state index in [1.165, 1.54) is 0 Å². The minimum atomic E-state index is -0.527. The van der Waals surface area contributed by atoms with E-state index in [-0.39, 0.29) is 5.41 Å². The molecule has 1 aliphatic rings. The third-order valence-electron chi connectivity index (χ3n) is 4.52. The summed E-state index contributed by atoms with van der Waals surface area (Å²) in [5.41, 5.74) is 7.32. The number of carbonyl (C=O) groups is 1. The monoisotopic (exact) mass is 320 g/mol. The van der Waals surface area contributed by atoms with Gasteiger partial charge in [0.25, 0.3) is 0 Å². The average Bonchev–Trinajstić information content (AvgIpc) is 2.97. The standard InChI is InChI=1S/C18H28N2O3/c1-17(2,3)23-16(21)20-11-7-8-12(14(9-11)22-6)15-13(10-19)18(15,4)5/h7-9,13,15H,10,19H2,1-6H3,(H,20,21)/t13-,15-/m0/s1. The predicted octanol–water partition coefficient (Wildman–Crippen LogP) is 3.74. The van der Waals surface area contributed by atoms with Crippen LogP contribution in [0.5, 0.6) is 5.75 Å². The van der Waals surface area contributed by atoms with Crippen LogP contribution in [0, 0.1) is 11.3 Å². The zero-order valence-electron chi connectivity index (χ0n) is 14.9. The van der Waals surface area contributed by atoms with Gasteiger partial charge in [-0.25, -0.2) is 4.79 Å². The molecule has 128 valence electrons. The van der Waals surface area contributed by atoms with Crippen LogP contribution in [-0.2, 0) is 4.74 Å². The number of amides is 1. The number of nitrogens with two attached hydrogens (primary N) is 1. The van der Waals surface area contributed by atoms with Gasteiger partial charge in [-0.3, -0.25) is 5.32 Å². The van der Waals surface area contributed by atoms with Gasteiger partial charge in [-0.15, -0.1) is 0 Å². The first-order valence-corrected chi connectivity index (χ1v) is 7.98. The predicted molar refractivity (Wildman–Crippen MR) is 91.9 cm³/mol. The zero-order chi connectivity index (χ0) is 17.4. The van der Waals surface area contributed by atoms with Gasteiger partial charge in [-0.1, -0.05) is 19.9 Å². The summed E-state index contributed by atoms with van der Waals surface area (Å²) in [4.78, 5) is 11.9. The Hall–Kier alpha value is -1.75. The molecule has 2 atom stereocenters. The molecule has 0 heterocycles. The first kappa shape index (κ1) is 17.6. The summed E-state index contributed by atoms with van der Waals surface area (Å²) in [6.07, 6.45) is -0.473. The number of methoxy groups -OCH3 is 1. The maximum Gasteiger partial charge on any atom is 0.412 e. The van der Waals surface area contributed by atoms with E-state index >= 15 is 0 Å². The number of rotatable bonds is 4. The van der Waals surface area contributed by atoms with Gasteiger partial charge < -0.3 is 15.2 Å². The molecule has 3 N–H and O–H groups in total. The zero-order valence-corrected chi connectivity index (χ0v) is 14.9. The highest BCUT2D eigenvalue weighted by atomic mass is 16.6. The Balaban J connectivity index is 2.16. The third kappa shape index (κ3) is 3.78. The number of carbonyl (C=O) groups excluding carboxylic acids is 1. The van der Waals surface area contributed by atoms with Crippen molar-refractivity contribution in [1.82, 2.24) is 0 Å². The fourth-order valence-electron chi connectivity index (χ4n) is 3.27. The van der Waals surface area contributed by atoms with Gasteiger partial charge in [-0.2, -0.15) is 0 Å². The minimum absolute atomic E-state index is 0.183. The molecule has 1 aromatic rings. The lowest BCUT2D eigenvalue weighted by Gasteiger charge is -2.20. The molecule has 0 aromatic heterocycles. The number of nitrogens with one attached hydrogen (secondary N) is 1. The van der Waals surface area contributed by atoms with E-state index in [1.807, 2.05) is 39.0 Å². The van der Waals surface area contributed by atoms with Gasteiger partial charge >= 0.3 is 6.09 Å². The van der Waals surface area contributed by atoms with Crippen molar-refractivity contribution in [1.29, 1.82) is 0 Å². The number of anilines is 1. The quantitative estimate of drug-likeness (QED) is 0.886. The first-order valence-electron chi connectivity index (χ1n) is 7.98. The Bertz CT molecular complexity index is 590. The second kappa shape index (κ2) is 6.04. The van der Waals surface area contributed by atoms with Crippen LogP contribution in [0.25, 0.3) is 0 Å². The highest BCUT2D eigenvalue weighted by molar-refractivity contribution is 5.85. The largest absolute Gasteiger partial charge is 0.496 e. The molecule has 1 saturated carbocycles. The average molecular weight is 320 g/mol. The molecular weight excluding hydrogens is 292 g/mol. The molecule has 5 heteroatoms. The van der Waals surface area contributed by atoms with E-state index in [0.29, 0.717) is 24.1 Å². The van der Waals surface area contributed by atoms with Crippen molar-refractivity contribution >= 4 is 11.8 Å². The fraction of sp³-hybridized carbons (Fsp3) is 0.611. The van der Waals surface area contributed by atoms with E-state index in [9.17, 15) is 4.79 Å². The summed E-state index contributed by atoms with van der Waals surface area (Å²) >= 11 is 0. The molecule has 2 rings (SSSR count). The van der Waals surface area contributed by atoms with Crippen LogP contribution in [0.3, 0.4) is 0 Å². The highest BCUT2D eigenvalue weighted by Crippen LogP contribution is 2.65. The van der Waals surface area contributed by atoms with Gasteiger partial charge in [0.15, 0.2) is 0 Å². The van der Waals surface area contributed by atoms with Crippen molar-refractivity contribution in [3.05, 3.63) is 23.8 Å². The van der Waals surface area contributed by atoms with E-state index in [2.05, 4.69) is 19.2 Å². The van der Waals surface area contributed by atoms with Crippen molar-refractivity contribution in [2.45, 2.75) is 46.1 Å². The van der Waals surface area contributed by atoms with Gasteiger partial charge in [0.05, 0.1) is 7.11 Å². The molecule has 1 aromatic carbocycles. The molecule has 0 spiro atoms. The Morgan fingerprint density at radius 1 is 1.35 bits per heavy atom. The van der Waals surface area contributed by atoms with Crippen LogP contribution in [-0.4, -0.2) is 25.3 Å². The molecule has 23 heavy (non-hydrogen) atoms. The molecular formula is C18H28N2O3. The van der Waals surface area contributed by atoms with Gasteiger partial charge in [-0.05, 0) is 56.2 Å². The van der Waals surface area contributed by atoms with Crippen molar-refractivity contribution in [3.8, 4) is 5.75 Å². The Labute approximate surface area is 138 Å². The van der Waals surface area contributed by atoms with Crippen molar-refractivity contribution in [2.24, 2.45) is 17.1 Å². The lowest BCUT2D eigenvalue weighted by Crippen LogP contribution is -2.27. The Morgan fingerprint density at radius 2 is 2.00 bits per heavy atom. The molecule has 1 fully saturated rings. The van der Waals surface area contributed by atoms with Crippen LogP contribution < -0.4 is 15.8 Å². The molecule has 0 aliphatic heterocycles. The van der Waals surface area contributed by atoms with Crippen LogP contribution in [0.1, 0.15) is 46.1 Å². The van der Waals surface area contributed by atoms with Crippen LogP contribution >= 0.6 is 0 Å². The van der Waals surface area contributed by atoms with Gasteiger partial charge in [0.1, 0.15) is 11.4 Å². The smallest absolute Gasteiger partial charge is 0.412 e. The lowest BCUT2D eigenvalue weighted by molar-refractivity contribution is 0.0636. The summed E-state index contributed by atoms with van der Waals surface area (Å²) in [5.74, 6) is 1.62. The summed E-state index contributed by atoms with van der Waals surface area (Å²) in [6, 6.07) is 5.72. The first-order chi connectivity index (χ1) is 10.6. The number of hydrogen-bond acceptors (Lipinski definition) is 4. The molecule has 1 aliphatic carbocycles.